The lowest BCUT2D eigenvalue weighted by molar-refractivity contribution is -0.140. The molecule has 1 unspecified atom stereocenters. The van der Waals surface area contributed by atoms with Gasteiger partial charge in [-0.1, -0.05) is 12.1 Å². The van der Waals surface area contributed by atoms with Gasteiger partial charge in [0.25, 0.3) is 0 Å². The monoisotopic (exact) mass is 252 g/mol. The molecule has 1 heterocycles. The largest absolute Gasteiger partial charge is 0.370 e. The van der Waals surface area contributed by atoms with Crippen LogP contribution < -0.4 is 5.73 Å². The van der Waals surface area contributed by atoms with E-state index in [9.17, 15) is 9.18 Å². The number of halogens is 1. The summed E-state index contributed by atoms with van der Waals surface area (Å²) in [6.45, 7) is 3.06. The van der Waals surface area contributed by atoms with E-state index in [1.54, 1.807) is 24.0 Å². The van der Waals surface area contributed by atoms with Gasteiger partial charge in [0.1, 0.15) is 11.9 Å². The Balaban J connectivity index is 2.09. The summed E-state index contributed by atoms with van der Waals surface area (Å²) in [4.78, 5) is 13.5. The zero-order chi connectivity index (χ0) is 13.1. The molecule has 1 aromatic rings. The van der Waals surface area contributed by atoms with Crippen LogP contribution in [-0.2, 0) is 9.53 Å². The van der Waals surface area contributed by atoms with Gasteiger partial charge >= 0.3 is 0 Å². The summed E-state index contributed by atoms with van der Waals surface area (Å²) in [6, 6.07) is 5.74. The topological polar surface area (TPSA) is 55.6 Å². The predicted molar refractivity (Wildman–Crippen MR) is 65.3 cm³/mol. The zero-order valence-corrected chi connectivity index (χ0v) is 10.3. The Morgan fingerprint density at radius 2 is 2.39 bits per heavy atom. The molecule has 18 heavy (non-hydrogen) atoms. The number of amides is 1. The highest BCUT2D eigenvalue weighted by Gasteiger charge is 2.26. The minimum absolute atomic E-state index is 0.0975. The van der Waals surface area contributed by atoms with Gasteiger partial charge in [0.05, 0.1) is 19.2 Å². The van der Waals surface area contributed by atoms with Gasteiger partial charge in [0, 0.05) is 6.54 Å². The highest BCUT2D eigenvalue weighted by Crippen LogP contribution is 2.23. The van der Waals surface area contributed by atoms with E-state index in [0.717, 1.165) is 5.56 Å². The number of ether oxygens (including phenoxy) is 1. The molecule has 1 amide bonds. The molecule has 98 valence electrons. The van der Waals surface area contributed by atoms with E-state index in [-0.39, 0.29) is 17.8 Å². The molecular weight excluding hydrogens is 235 g/mol. The van der Waals surface area contributed by atoms with Crippen molar-refractivity contribution in [2.24, 2.45) is 5.73 Å². The number of nitrogens with zero attached hydrogens (tertiary/aromatic N) is 1. The van der Waals surface area contributed by atoms with Crippen molar-refractivity contribution in [3.05, 3.63) is 35.6 Å². The smallest absolute Gasteiger partial charge is 0.239 e. The van der Waals surface area contributed by atoms with Crippen molar-refractivity contribution in [2.75, 3.05) is 19.7 Å². The second kappa shape index (κ2) is 5.46. The summed E-state index contributed by atoms with van der Waals surface area (Å²) in [7, 11) is 0. The Bertz CT molecular complexity index is 437. The summed E-state index contributed by atoms with van der Waals surface area (Å²) < 4.78 is 18.7. The van der Waals surface area contributed by atoms with E-state index in [1.165, 1.54) is 12.1 Å². The van der Waals surface area contributed by atoms with Crippen LogP contribution in [0.1, 0.15) is 18.6 Å². The average molecular weight is 252 g/mol. The fraction of sp³-hybridized carbons (Fsp3) is 0.462. The zero-order valence-electron chi connectivity index (χ0n) is 10.3. The minimum atomic E-state index is -0.517. The summed E-state index contributed by atoms with van der Waals surface area (Å²) in [5.41, 5.74) is 6.33. The number of nitrogens with two attached hydrogens (primary N) is 1. The predicted octanol–water partition coefficient (Wildman–Crippen LogP) is 1.07. The summed E-state index contributed by atoms with van der Waals surface area (Å²) in [5, 5.41) is 0. The molecule has 4 nitrogen and oxygen atoms in total. The Morgan fingerprint density at radius 3 is 3.06 bits per heavy atom. The van der Waals surface area contributed by atoms with E-state index in [0.29, 0.717) is 19.7 Å². The van der Waals surface area contributed by atoms with Crippen LogP contribution in [0.3, 0.4) is 0 Å². The normalized spacial score (nSPS) is 21.7. The number of hydrogen-bond donors (Lipinski definition) is 1. The van der Waals surface area contributed by atoms with E-state index >= 15 is 0 Å². The standard InChI is InChI=1S/C13H17FN2O2/c1-9(15)13(17)16-5-6-18-12(8-16)10-3-2-4-11(14)7-10/h2-4,7,9,12H,5-6,8,15H2,1H3/t9-,12?/m1/s1. The van der Waals surface area contributed by atoms with Crippen LogP contribution in [0.5, 0.6) is 0 Å². The first-order valence-electron chi connectivity index (χ1n) is 5.99. The number of rotatable bonds is 2. The van der Waals surface area contributed by atoms with Gasteiger partial charge in [-0.15, -0.1) is 0 Å². The third kappa shape index (κ3) is 2.86. The Morgan fingerprint density at radius 1 is 1.61 bits per heavy atom. The van der Waals surface area contributed by atoms with Crippen LogP contribution in [0.15, 0.2) is 24.3 Å². The van der Waals surface area contributed by atoms with Gasteiger partial charge in [-0.3, -0.25) is 4.79 Å². The van der Waals surface area contributed by atoms with Crippen LogP contribution in [0.25, 0.3) is 0 Å². The molecule has 1 fully saturated rings. The van der Waals surface area contributed by atoms with Crippen molar-refractivity contribution >= 4 is 5.91 Å². The van der Waals surface area contributed by atoms with E-state index in [2.05, 4.69) is 0 Å². The fourth-order valence-corrected chi connectivity index (χ4v) is 2.05. The van der Waals surface area contributed by atoms with Crippen molar-refractivity contribution < 1.29 is 13.9 Å². The van der Waals surface area contributed by atoms with Crippen molar-refractivity contribution in [2.45, 2.75) is 19.1 Å². The van der Waals surface area contributed by atoms with E-state index < -0.39 is 6.04 Å². The Labute approximate surface area is 106 Å². The Hall–Kier alpha value is -1.46. The van der Waals surface area contributed by atoms with Crippen molar-refractivity contribution in [1.29, 1.82) is 0 Å². The Kier molecular flexibility index (Phi) is 3.93. The highest BCUT2D eigenvalue weighted by molar-refractivity contribution is 5.81. The maximum Gasteiger partial charge on any atom is 0.239 e. The lowest BCUT2D eigenvalue weighted by Gasteiger charge is -2.34. The second-order valence-corrected chi connectivity index (χ2v) is 4.49. The van der Waals surface area contributed by atoms with Crippen LogP contribution >= 0.6 is 0 Å². The molecule has 1 saturated heterocycles. The van der Waals surface area contributed by atoms with Crippen LogP contribution in [0.2, 0.25) is 0 Å². The molecule has 2 atom stereocenters. The fourth-order valence-electron chi connectivity index (χ4n) is 2.05. The van der Waals surface area contributed by atoms with Gasteiger partial charge in [0.2, 0.25) is 5.91 Å². The molecule has 0 aromatic heterocycles. The minimum Gasteiger partial charge on any atom is -0.370 e. The number of morpholine rings is 1. The van der Waals surface area contributed by atoms with Gasteiger partial charge < -0.3 is 15.4 Å². The van der Waals surface area contributed by atoms with Gasteiger partial charge in [-0.2, -0.15) is 0 Å². The van der Waals surface area contributed by atoms with Gasteiger partial charge in [-0.25, -0.2) is 4.39 Å². The van der Waals surface area contributed by atoms with Gasteiger partial charge in [-0.05, 0) is 24.6 Å². The summed E-state index contributed by atoms with van der Waals surface area (Å²) in [5.74, 6) is -0.397. The summed E-state index contributed by atoms with van der Waals surface area (Å²) >= 11 is 0. The molecule has 0 aliphatic carbocycles. The molecular formula is C13H17FN2O2. The van der Waals surface area contributed by atoms with Crippen LogP contribution in [-0.4, -0.2) is 36.5 Å². The lowest BCUT2D eigenvalue weighted by atomic mass is 10.1. The maximum atomic E-state index is 13.1. The first-order chi connectivity index (χ1) is 8.58. The van der Waals surface area contributed by atoms with Crippen molar-refractivity contribution in [3.63, 3.8) is 0 Å². The molecule has 2 N–H and O–H groups in total. The molecule has 0 spiro atoms. The number of carbonyl (C=O) groups excluding carboxylic acids is 1. The molecule has 0 saturated carbocycles. The molecule has 2 rings (SSSR count). The third-order valence-corrected chi connectivity index (χ3v) is 2.99. The summed E-state index contributed by atoms with van der Waals surface area (Å²) in [6.07, 6.45) is -0.280. The molecule has 1 aliphatic rings. The molecule has 1 aliphatic heterocycles. The van der Waals surface area contributed by atoms with Crippen LogP contribution in [0.4, 0.5) is 4.39 Å². The van der Waals surface area contributed by atoms with Crippen molar-refractivity contribution in [1.82, 2.24) is 4.90 Å². The van der Waals surface area contributed by atoms with Crippen LogP contribution in [0, 0.1) is 5.82 Å². The number of hydrogen-bond acceptors (Lipinski definition) is 3. The quantitative estimate of drug-likeness (QED) is 0.856. The maximum absolute atomic E-state index is 13.1. The lowest BCUT2D eigenvalue weighted by Crippen LogP contribution is -2.48. The second-order valence-electron chi connectivity index (χ2n) is 4.49. The molecule has 0 radical (unpaired) electrons. The SMILES string of the molecule is C[C@@H](N)C(=O)N1CCOC(c2cccc(F)c2)C1. The van der Waals surface area contributed by atoms with E-state index in [4.69, 9.17) is 10.5 Å². The highest BCUT2D eigenvalue weighted by atomic mass is 19.1. The number of benzene rings is 1. The van der Waals surface area contributed by atoms with E-state index in [1.807, 2.05) is 0 Å². The first kappa shape index (κ1) is 13.0. The average Bonchev–Trinajstić information content (AvgIpc) is 2.38. The van der Waals surface area contributed by atoms with Gasteiger partial charge in [0.15, 0.2) is 0 Å². The third-order valence-electron chi connectivity index (χ3n) is 2.99. The molecule has 5 heteroatoms. The molecule has 1 aromatic carbocycles. The number of carbonyl (C=O) groups is 1. The molecule has 0 bridgehead atoms. The van der Waals surface area contributed by atoms with Crippen molar-refractivity contribution in [3.8, 4) is 0 Å². The first-order valence-corrected chi connectivity index (χ1v) is 5.99.